The van der Waals surface area contributed by atoms with Crippen LogP contribution in [0.25, 0.3) is 0 Å². The molecule has 2 rings (SSSR count). The van der Waals surface area contributed by atoms with E-state index in [-0.39, 0.29) is 0 Å². The molecule has 1 fully saturated rings. The van der Waals surface area contributed by atoms with Gasteiger partial charge in [0.1, 0.15) is 5.75 Å². The summed E-state index contributed by atoms with van der Waals surface area (Å²) in [6.07, 6.45) is 1.16. The second-order valence-electron chi connectivity index (χ2n) is 5.65. The molecule has 0 amide bonds. The standard InChI is InChI=1S/C16H23N3O/c1-12-11-19(2)7-6-15(12)18-10-14-8-13(9-17)4-5-16(14)20-3/h4-5,8,12,15,18H,6-7,10-11H2,1-3H3. The number of nitrogens with zero attached hydrogens (tertiary/aromatic N) is 2. The summed E-state index contributed by atoms with van der Waals surface area (Å²) < 4.78 is 5.37. The third kappa shape index (κ3) is 3.50. The van der Waals surface area contributed by atoms with Gasteiger partial charge in [-0.05, 0) is 44.1 Å². The van der Waals surface area contributed by atoms with Gasteiger partial charge in [0, 0.05) is 24.7 Å². The number of hydrogen-bond donors (Lipinski definition) is 1. The number of benzene rings is 1. The summed E-state index contributed by atoms with van der Waals surface area (Å²) in [7, 11) is 3.84. The second-order valence-corrected chi connectivity index (χ2v) is 5.65. The number of nitrogens with one attached hydrogen (secondary N) is 1. The normalized spacial score (nSPS) is 23.3. The number of piperidine rings is 1. The van der Waals surface area contributed by atoms with E-state index in [9.17, 15) is 0 Å². The van der Waals surface area contributed by atoms with Crippen LogP contribution < -0.4 is 10.1 Å². The molecule has 4 heteroatoms. The van der Waals surface area contributed by atoms with E-state index in [4.69, 9.17) is 10.00 Å². The van der Waals surface area contributed by atoms with E-state index in [1.165, 1.54) is 0 Å². The quantitative estimate of drug-likeness (QED) is 0.911. The Bertz CT molecular complexity index is 495. The van der Waals surface area contributed by atoms with E-state index < -0.39 is 0 Å². The van der Waals surface area contributed by atoms with E-state index in [1.54, 1.807) is 13.2 Å². The SMILES string of the molecule is COc1ccc(C#N)cc1CNC1CCN(C)CC1C. The van der Waals surface area contributed by atoms with Gasteiger partial charge in [0.15, 0.2) is 0 Å². The Morgan fingerprint density at radius 3 is 2.95 bits per heavy atom. The van der Waals surface area contributed by atoms with Crippen molar-refractivity contribution in [2.24, 2.45) is 5.92 Å². The number of methoxy groups -OCH3 is 1. The first-order valence-electron chi connectivity index (χ1n) is 7.13. The molecule has 4 nitrogen and oxygen atoms in total. The van der Waals surface area contributed by atoms with Crippen molar-refractivity contribution in [2.75, 3.05) is 27.2 Å². The lowest BCUT2D eigenvalue weighted by molar-refractivity contribution is 0.174. The third-order valence-corrected chi connectivity index (χ3v) is 4.07. The van der Waals surface area contributed by atoms with Gasteiger partial charge < -0.3 is 15.0 Å². The molecule has 1 aromatic rings. The van der Waals surface area contributed by atoms with Crippen LogP contribution in [0.1, 0.15) is 24.5 Å². The largest absolute Gasteiger partial charge is 0.496 e. The molecular weight excluding hydrogens is 250 g/mol. The minimum absolute atomic E-state index is 0.529. The van der Waals surface area contributed by atoms with Gasteiger partial charge in [-0.3, -0.25) is 0 Å². The fourth-order valence-corrected chi connectivity index (χ4v) is 2.88. The van der Waals surface area contributed by atoms with Crippen LogP contribution in [0.2, 0.25) is 0 Å². The zero-order chi connectivity index (χ0) is 14.5. The van der Waals surface area contributed by atoms with Crippen molar-refractivity contribution in [2.45, 2.75) is 25.9 Å². The minimum atomic E-state index is 0.529. The van der Waals surface area contributed by atoms with Crippen molar-refractivity contribution in [3.05, 3.63) is 29.3 Å². The molecule has 1 N–H and O–H groups in total. The highest BCUT2D eigenvalue weighted by atomic mass is 16.5. The van der Waals surface area contributed by atoms with Crippen molar-refractivity contribution in [1.82, 2.24) is 10.2 Å². The molecule has 0 radical (unpaired) electrons. The Balaban J connectivity index is 2.01. The maximum atomic E-state index is 9.00. The van der Waals surface area contributed by atoms with Gasteiger partial charge in [-0.1, -0.05) is 6.92 Å². The van der Waals surface area contributed by atoms with Gasteiger partial charge >= 0.3 is 0 Å². The lowest BCUT2D eigenvalue weighted by Crippen LogP contribution is -2.46. The van der Waals surface area contributed by atoms with Crippen molar-refractivity contribution in [1.29, 1.82) is 5.26 Å². The van der Waals surface area contributed by atoms with Crippen LogP contribution in [-0.4, -0.2) is 38.2 Å². The Hall–Kier alpha value is -1.57. The minimum Gasteiger partial charge on any atom is -0.496 e. The van der Waals surface area contributed by atoms with Gasteiger partial charge in [-0.2, -0.15) is 5.26 Å². The molecule has 2 unspecified atom stereocenters. The molecule has 0 spiro atoms. The van der Waals surface area contributed by atoms with E-state index in [1.807, 2.05) is 12.1 Å². The monoisotopic (exact) mass is 273 g/mol. The average molecular weight is 273 g/mol. The molecule has 0 aromatic heterocycles. The number of hydrogen-bond acceptors (Lipinski definition) is 4. The maximum Gasteiger partial charge on any atom is 0.123 e. The Kier molecular flexibility index (Phi) is 4.99. The van der Waals surface area contributed by atoms with Crippen LogP contribution in [0, 0.1) is 17.2 Å². The van der Waals surface area contributed by atoms with Gasteiger partial charge in [0.2, 0.25) is 0 Å². The van der Waals surface area contributed by atoms with Crippen molar-refractivity contribution in [3.63, 3.8) is 0 Å². The number of ether oxygens (including phenoxy) is 1. The molecule has 2 atom stereocenters. The van der Waals surface area contributed by atoms with Crippen LogP contribution in [-0.2, 0) is 6.54 Å². The predicted octanol–water partition coefficient (Wildman–Crippen LogP) is 2.00. The third-order valence-electron chi connectivity index (χ3n) is 4.07. The molecule has 1 heterocycles. The number of rotatable bonds is 4. The first-order valence-corrected chi connectivity index (χ1v) is 7.13. The smallest absolute Gasteiger partial charge is 0.123 e. The summed E-state index contributed by atoms with van der Waals surface area (Å²) in [5.41, 5.74) is 1.73. The Labute approximate surface area is 121 Å². The molecular formula is C16H23N3O. The average Bonchev–Trinajstić information content (AvgIpc) is 2.46. The summed E-state index contributed by atoms with van der Waals surface area (Å²) in [6, 6.07) is 8.28. The molecule has 108 valence electrons. The zero-order valence-electron chi connectivity index (χ0n) is 12.5. The number of likely N-dealkylation sites (tertiary alicyclic amines) is 1. The molecule has 0 bridgehead atoms. The van der Waals surface area contributed by atoms with E-state index in [0.717, 1.165) is 37.4 Å². The molecule has 20 heavy (non-hydrogen) atoms. The van der Waals surface area contributed by atoms with Crippen LogP contribution in [0.4, 0.5) is 0 Å². The van der Waals surface area contributed by atoms with Crippen LogP contribution >= 0.6 is 0 Å². The summed E-state index contributed by atoms with van der Waals surface area (Å²) >= 11 is 0. The Morgan fingerprint density at radius 1 is 1.50 bits per heavy atom. The fourth-order valence-electron chi connectivity index (χ4n) is 2.88. The summed E-state index contributed by atoms with van der Waals surface area (Å²) in [4.78, 5) is 2.37. The second kappa shape index (κ2) is 6.74. The lowest BCUT2D eigenvalue weighted by Gasteiger charge is -2.35. The van der Waals surface area contributed by atoms with Crippen molar-refractivity contribution >= 4 is 0 Å². The highest BCUT2D eigenvalue weighted by Crippen LogP contribution is 2.21. The van der Waals surface area contributed by atoms with Gasteiger partial charge in [-0.25, -0.2) is 0 Å². The van der Waals surface area contributed by atoms with Crippen LogP contribution in [0.5, 0.6) is 5.75 Å². The summed E-state index contributed by atoms with van der Waals surface area (Å²) in [5.74, 6) is 1.48. The van der Waals surface area contributed by atoms with Gasteiger partial charge in [0.25, 0.3) is 0 Å². The summed E-state index contributed by atoms with van der Waals surface area (Å²) in [5, 5.41) is 12.6. The number of nitriles is 1. The molecule has 1 aliphatic heterocycles. The predicted molar refractivity (Wildman–Crippen MR) is 79.6 cm³/mol. The zero-order valence-corrected chi connectivity index (χ0v) is 12.5. The first kappa shape index (κ1) is 14.8. The van der Waals surface area contributed by atoms with Gasteiger partial charge in [0.05, 0.1) is 18.7 Å². The van der Waals surface area contributed by atoms with Crippen molar-refractivity contribution in [3.8, 4) is 11.8 Å². The van der Waals surface area contributed by atoms with Crippen LogP contribution in [0.3, 0.4) is 0 Å². The fraction of sp³-hybridized carbons (Fsp3) is 0.562. The molecule has 0 aliphatic carbocycles. The topological polar surface area (TPSA) is 48.3 Å². The highest BCUT2D eigenvalue weighted by Gasteiger charge is 2.23. The molecule has 1 aromatic carbocycles. The van der Waals surface area contributed by atoms with Crippen molar-refractivity contribution < 1.29 is 4.74 Å². The van der Waals surface area contributed by atoms with Crippen LogP contribution in [0.15, 0.2) is 18.2 Å². The first-order chi connectivity index (χ1) is 9.63. The maximum absolute atomic E-state index is 9.00. The van der Waals surface area contributed by atoms with E-state index in [2.05, 4.69) is 30.3 Å². The molecule has 1 aliphatic rings. The molecule has 1 saturated heterocycles. The molecule has 0 saturated carbocycles. The van der Waals surface area contributed by atoms with E-state index in [0.29, 0.717) is 17.5 Å². The Morgan fingerprint density at radius 2 is 2.30 bits per heavy atom. The van der Waals surface area contributed by atoms with E-state index >= 15 is 0 Å². The lowest BCUT2D eigenvalue weighted by atomic mass is 9.94. The highest BCUT2D eigenvalue weighted by molar-refractivity contribution is 5.42. The van der Waals surface area contributed by atoms with Gasteiger partial charge in [-0.15, -0.1) is 0 Å². The summed E-state index contributed by atoms with van der Waals surface area (Å²) in [6.45, 7) is 5.30.